The van der Waals surface area contributed by atoms with E-state index in [1.165, 1.54) is 30.2 Å². The summed E-state index contributed by atoms with van der Waals surface area (Å²) in [5, 5.41) is 9.08. The minimum absolute atomic E-state index is 0.0142. The van der Waals surface area contributed by atoms with Gasteiger partial charge in [-0.3, -0.25) is 4.79 Å². The summed E-state index contributed by atoms with van der Waals surface area (Å²) in [6, 6.07) is 10.1. The lowest BCUT2D eigenvalue weighted by molar-refractivity contribution is -0.139. The van der Waals surface area contributed by atoms with E-state index in [-0.39, 0.29) is 24.6 Å². The van der Waals surface area contributed by atoms with Gasteiger partial charge in [0.25, 0.3) is 0 Å². The van der Waals surface area contributed by atoms with Crippen LogP contribution in [0.4, 0.5) is 0 Å². The molecule has 0 aliphatic rings. The van der Waals surface area contributed by atoms with Crippen LogP contribution in [-0.2, 0) is 19.1 Å². The number of amides is 1. The summed E-state index contributed by atoms with van der Waals surface area (Å²) < 4.78 is 9.86. The molecular formula is C19H18N2O5. The van der Waals surface area contributed by atoms with Crippen molar-refractivity contribution in [3.63, 3.8) is 0 Å². The van der Waals surface area contributed by atoms with Crippen LogP contribution in [-0.4, -0.2) is 35.9 Å². The van der Waals surface area contributed by atoms with Crippen LogP contribution in [0.1, 0.15) is 6.92 Å². The molecule has 0 fully saturated rings. The summed E-state index contributed by atoms with van der Waals surface area (Å²) in [7, 11) is 0. The smallest absolute Gasteiger partial charge is 0.354 e. The molecule has 0 N–H and O–H groups in total. The van der Waals surface area contributed by atoms with Gasteiger partial charge >= 0.3 is 11.9 Å². The third-order valence-corrected chi connectivity index (χ3v) is 2.97. The SMILES string of the molecule is C=CC(=O)OCCN(/C=C/C=C(\C#N)C(=O)Oc1ccccc1)C(C)=O. The Morgan fingerprint density at radius 1 is 1.27 bits per heavy atom. The maximum Gasteiger partial charge on any atom is 0.354 e. The molecule has 1 aromatic rings. The van der Waals surface area contributed by atoms with Crippen LogP contribution in [0.15, 0.2) is 66.9 Å². The summed E-state index contributed by atoms with van der Waals surface area (Å²) in [5.74, 6) is -1.38. The van der Waals surface area contributed by atoms with E-state index in [2.05, 4.69) is 6.58 Å². The molecule has 1 aromatic carbocycles. The molecule has 26 heavy (non-hydrogen) atoms. The van der Waals surface area contributed by atoms with Crippen molar-refractivity contribution in [3.05, 3.63) is 66.9 Å². The number of hydrogen-bond donors (Lipinski definition) is 0. The lowest BCUT2D eigenvalue weighted by Crippen LogP contribution is -2.27. The van der Waals surface area contributed by atoms with Gasteiger partial charge in [-0.05, 0) is 24.3 Å². The maximum absolute atomic E-state index is 11.9. The molecule has 0 saturated carbocycles. The second-order valence-electron chi connectivity index (χ2n) is 4.82. The average molecular weight is 354 g/mol. The molecule has 7 heteroatoms. The quantitative estimate of drug-likeness (QED) is 0.233. The van der Waals surface area contributed by atoms with Gasteiger partial charge in [0.15, 0.2) is 0 Å². The van der Waals surface area contributed by atoms with Gasteiger partial charge in [-0.1, -0.05) is 24.8 Å². The first kappa shape index (κ1) is 20.4. The van der Waals surface area contributed by atoms with Crippen molar-refractivity contribution in [2.24, 2.45) is 0 Å². The van der Waals surface area contributed by atoms with Crippen molar-refractivity contribution in [1.82, 2.24) is 4.90 Å². The molecule has 134 valence electrons. The second kappa shape index (κ2) is 11.0. The van der Waals surface area contributed by atoms with E-state index in [0.717, 1.165) is 6.08 Å². The number of esters is 2. The zero-order valence-corrected chi connectivity index (χ0v) is 14.3. The fraction of sp³-hybridized carbons (Fsp3) is 0.158. The second-order valence-corrected chi connectivity index (χ2v) is 4.82. The molecule has 7 nitrogen and oxygen atoms in total. The van der Waals surface area contributed by atoms with Crippen LogP contribution in [0.2, 0.25) is 0 Å². The summed E-state index contributed by atoms with van der Waals surface area (Å²) >= 11 is 0. The minimum Gasteiger partial charge on any atom is -0.461 e. The van der Waals surface area contributed by atoms with Crippen LogP contribution in [0.3, 0.4) is 0 Å². The molecule has 0 spiro atoms. The van der Waals surface area contributed by atoms with Crippen molar-refractivity contribution >= 4 is 17.8 Å². The Morgan fingerprint density at radius 2 is 1.96 bits per heavy atom. The maximum atomic E-state index is 11.9. The van der Waals surface area contributed by atoms with Gasteiger partial charge in [0.1, 0.15) is 24.0 Å². The zero-order chi connectivity index (χ0) is 19.4. The van der Waals surface area contributed by atoms with Gasteiger partial charge in [0.2, 0.25) is 5.91 Å². The molecule has 0 radical (unpaired) electrons. The van der Waals surface area contributed by atoms with Crippen molar-refractivity contribution in [2.45, 2.75) is 6.92 Å². The Kier molecular flexibility index (Phi) is 8.62. The molecule has 1 rings (SSSR count). The number of carbonyl (C=O) groups excluding carboxylic acids is 3. The molecule has 0 atom stereocenters. The molecule has 0 unspecified atom stereocenters. The van der Waals surface area contributed by atoms with Crippen LogP contribution >= 0.6 is 0 Å². The van der Waals surface area contributed by atoms with Gasteiger partial charge in [-0.2, -0.15) is 5.26 Å². The third-order valence-electron chi connectivity index (χ3n) is 2.97. The first-order valence-corrected chi connectivity index (χ1v) is 7.60. The number of carbonyl (C=O) groups is 3. The number of para-hydroxylation sites is 1. The van der Waals surface area contributed by atoms with E-state index in [0.29, 0.717) is 5.75 Å². The summed E-state index contributed by atoms with van der Waals surface area (Å²) in [6.07, 6.45) is 4.99. The number of hydrogen-bond acceptors (Lipinski definition) is 6. The standard InChI is InChI=1S/C19H18N2O5/c1-3-18(23)25-13-12-21(15(2)22)11-7-8-16(14-20)19(24)26-17-9-5-4-6-10-17/h3-11H,1,12-13H2,2H3/b11-7+,16-8+. The van der Waals surface area contributed by atoms with Crippen LogP contribution in [0.5, 0.6) is 5.75 Å². The van der Waals surface area contributed by atoms with Gasteiger partial charge in [-0.25, -0.2) is 9.59 Å². The molecule has 0 saturated heterocycles. The van der Waals surface area contributed by atoms with Crippen molar-refractivity contribution in [1.29, 1.82) is 5.26 Å². The van der Waals surface area contributed by atoms with E-state index >= 15 is 0 Å². The molecule has 0 bridgehead atoms. The number of nitriles is 1. The molecule has 0 aromatic heterocycles. The summed E-state index contributed by atoms with van der Waals surface area (Å²) in [6.45, 7) is 4.71. The number of benzene rings is 1. The predicted octanol–water partition coefficient (Wildman–Crippen LogP) is 2.13. The lowest BCUT2D eigenvalue weighted by Gasteiger charge is -2.15. The van der Waals surface area contributed by atoms with Crippen LogP contribution in [0, 0.1) is 11.3 Å². The molecular weight excluding hydrogens is 336 g/mol. The van der Waals surface area contributed by atoms with Gasteiger partial charge in [0.05, 0.1) is 6.54 Å². The third kappa shape index (κ3) is 7.27. The first-order chi connectivity index (χ1) is 12.5. The van der Waals surface area contributed by atoms with E-state index in [1.54, 1.807) is 36.4 Å². The number of rotatable bonds is 8. The van der Waals surface area contributed by atoms with Crippen molar-refractivity contribution in [3.8, 4) is 11.8 Å². The van der Waals surface area contributed by atoms with E-state index in [1.807, 2.05) is 0 Å². The lowest BCUT2D eigenvalue weighted by atomic mass is 10.2. The Hall–Kier alpha value is -3.66. The van der Waals surface area contributed by atoms with Gasteiger partial charge in [-0.15, -0.1) is 0 Å². The Morgan fingerprint density at radius 3 is 2.54 bits per heavy atom. The van der Waals surface area contributed by atoms with Crippen LogP contribution in [0.25, 0.3) is 0 Å². The normalized spacial score (nSPS) is 10.7. The highest BCUT2D eigenvalue weighted by Crippen LogP contribution is 2.10. The van der Waals surface area contributed by atoms with E-state index < -0.39 is 11.9 Å². The monoisotopic (exact) mass is 354 g/mol. The molecule has 0 aliphatic carbocycles. The Balaban J connectivity index is 2.70. The molecule has 1 amide bonds. The minimum atomic E-state index is -0.808. The highest BCUT2D eigenvalue weighted by atomic mass is 16.5. The highest BCUT2D eigenvalue weighted by Gasteiger charge is 2.11. The van der Waals surface area contributed by atoms with Crippen LogP contribution < -0.4 is 4.74 Å². The van der Waals surface area contributed by atoms with Crippen molar-refractivity contribution in [2.75, 3.05) is 13.2 Å². The largest absolute Gasteiger partial charge is 0.461 e. The fourth-order valence-corrected chi connectivity index (χ4v) is 1.69. The van der Waals surface area contributed by atoms with E-state index in [4.69, 9.17) is 14.7 Å². The fourth-order valence-electron chi connectivity index (χ4n) is 1.69. The number of ether oxygens (including phenoxy) is 2. The Bertz CT molecular complexity index is 760. The average Bonchev–Trinajstić information content (AvgIpc) is 2.63. The first-order valence-electron chi connectivity index (χ1n) is 7.60. The number of nitrogens with zero attached hydrogens (tertiary/aromatic N) is 2. The van der Waals surface area contributed by atoms with Crippen molar-refractivity contribution < 1.29 is 23.9 Å². The highest BCUT2D eigenvalue weighted by molar-refractivity contribution is 5.94. The summed E-state index contributed by atoms with van der Waals surface area (Å²) in [4.78, 5) is 35.7. The van der Waals surface area contributed by atoms with E-state index in [9.17, 15) is 14.4 Å². The Labute approximate surface area is 151 Å². The number of allylic oxidation sites excluding steroid dienone is 2. The molecule has 0 heterocycles. The summed E-state index contributed by atoms with van der Waals surface area (Å²) in [5.41, 5.74) is -0.230. The predicted molar refractivity (Wildman–Crippen MR) is 93.5 cm³/mol. The molecule has 0 aliphatic heterocycles. The topological polar surface area (TPSA) is 96.7 Å². The van der Waals surface area contributed by atoms with Gasteiger partial charge in [0, 0.05) is 19.2 Å². The zero-order valence-electron chi connectivity index (χ0n) is 14.3. The van der Waals surface area contributed by atoms with Gasteiger partial charge < -0.3 is 14.4 Å².